The summed E-state index contributed by atoms with van der Waals surface area (Å²) in [7, 11) is 2.17. The number of hydrogen-bond donors (Lipinski definition) is 0. The van der Waals surface area contributed by atoms with Gasteiger partial charge in [-0.2, -0.15) is 0 Å². The van der Waals surface area contributed by atoms with E-state index in [1.165, 1.54) is 21.2 Å². The van der Waals surface area contributed by atoms with Crippen LogP contribution in [0, 0.1) is 0 Å². The zero-order valence-electron chi connectivity index (χ0n) is 9.00. The van der Waals surface area contributed by atoms with Crippen molar-refractivity contribution in [3.8, 4) is 0 Å². The molecule has 0 spiro atoms. The van der Waals surface area contributed by atoms with E-state index in [1.54, 1.807) is 0 Å². The first-order valence-electron chi connectivity index (χ1n) is 5.11. The van der Waals surface area contributed by atoms with E-state index in [4.69, 9.17) is 11.6 Å². The van der Waals surface area contributed by atoms with Gasteiger partial charge in [0.15, 0.2) is 0 Å². The number of hydrogen-bond acceptors (Lipinski definition) is 2. The van der Waals surface area contributed by atoms with Crippen molar-refractivity contribution in [3.63, 3.8) is 0 Å². The highest BCUT2D eigenvalue weighted by molar-refractivity contribution is 7.17. The molecule has 3 rings (SSSR count). The monoisotopic (exact) mass is 273 g/mol. The molecule has 0 saturated heterocycles. The van der Waals surface area contributed by atoms with E-state index in [0.717, 1.165) is 24.5 Å². The molecule has 0 amide bonds. The van der Waals surface area contributed by atoms with Gasteiger partial charge in [-0.25, -0.2) is 0 Å². The van der Waals surface area contributed by atoms with Crippen molar-refractivity contribution in [1.29, 1.82) is 0 Å². The van der Waals surface area contributed by atoms with Crippen LogP contribution in [0.4, 0.5) is 0 Å². The Morgan fingerprint density at radius 2 is 2.19 bits per heavy atom. The van der Waals surface area contributed by atoms with Gasteiger partial charge in [-0.1, -0.05) is 11.6 Å². The lowest BCUT2D eigenvalue weighted by Gasteiger charge is -2.12. The van der Waals surface area contributed by atoms with E-state index in [9.17, 15) is 0 Å². The number of thiophene rings is 1. The van der Waals surface area contributed by atoms with Crippen molar-refractivity contribution >= 4 is 45.4 Å². The smallest absolute Gasteiger partial charge is 0.0445 e. The topological polar surface area (TPSA) is 3.24 Å². The molecule has 0 aliphatic carbocycles. The molecular weight excluding hydrogens is 261 g/mol. The maximum Gasteiger partial charge on any atom is 0.0445 e. The number of nitrogens with zero attached hydrogens (tertiary/aromatic N) is 1. The average Bonchev–Trinajstić information content (AvgIpc) is 2.52. The highest BCUT2D eigenvalue weighted by Crippen LogP contribution is 2.35. The molecule has 0 N–H and O–H groups in total. The number of benzene rings is 1. The van der Waals surface area contributed by atoms with Crippen molar-refractivity contribution in [1.82, 2.24) is 4.90 Å². The molecule has 1 aliphatic rings. The summed E-state index contributed by atoms with van der Waals surface area (Å²) < 4.78 is 1.37. The molecule has 0 saturated carbocycles. The Kier molecular flexibility index (Phi) is 3.45. The summed E-state index contributed by atoms with van der Waals surface area (Å²) in [5.74, 6) is 0. The quantitative estimate of drug-likeness (QED) is 0.702. The van der Waals surface area contributed by atoms with Crippen LogP contribution in [0.3, 0.4) is 0 Å². The van der Waals surface area contributed by atoms with E-state index < -0.39 is 0 Å². The zero-order chi connectivity index (χ0) is 10.4. The SMILES string of the molecule is CN1CCc2c(Cl)ccc3scc(c23)C1.Cl. The second-order valence-electron chi connectivity index (χ2n) is 4.15. The number of rotatable bonds is 0. The molecule has 0 bridgehead atoms. The van der Waals surface area contributed by atoms with Gasteiger partial charge in [0.25, 0.3) is 0 Å². The lowest BCUT2D eigenvalue weighted by Crippen LogP contribution is -2.18. The molecule has 86 valence electrons. The highest BCUT2D eigenvalue weighted by Gasteiger charge is 2.17. The summed E-state index contributed by atoms with van der Waals surface area (Å²) in [6, 6.07) is 4.17. The molecule has 1 aromatic heterocycles. The molecule has 0 atom stereocenters. The van der Waals surface area contributed by atoms with Crippen molar-refractivity contribution in [2.45, 2.75) is 13.0 Å². The summed E-state index contributed by atoms with van der Waals surface area (Å²) in [5.41, 5.74) is 2.78. The molecule has 4 heteroatoms. The van der Waals surface area contributed by atoms with E-state index in [-0.39, 0.29) is 12.4 Å². The van der Waals surface area contributed by atoms with Crippen molar-refractivity contribution in [2.75, 3.05) is 13.6 Å². The van der Waals surface area contributed by atoms with Crippen LogP contribution in [0.2, 0.25) is 5.02 Å². The van der Waals surface area contributed by atoms with Crippen molar-refractivity contribution in [3.05, 3.63) is 33.7 Å². The van der Waals surface area contributed by atoms with Gasteiger partial charge >= 0.3 is 0 Å². The van der Waals surface area contributed by atoms with Gasteiger partial charge in [-0.3, -0.25) is 0 Å². The third kappa shape index (κ3) is 1.84. The van der Waals surface area contributed by atoms with E-state index >= 15 is 0 Å². The van der Waals surface area contributed by atoms with Gasteiger partial charge in [-0.15, -0.1) is 23.7 Å². The summed E-state index contributed by atoms with van der Waals surface area (Å²) in [4.78, 5) is 2.36. The summed E-state index contributed by atoms with van der Waals surface area (Å²) in [6.45, 7) is 2.14. The van der Waals surface area contributed by atoms with Crippen molar-refractivity contribution in [2.24, 2.45) is 0 Å². The van der Waals surface area contributed by atoms with E-state index in [1.807, 2.05) is 17.4 Å². The minimum absolute atomic E-state index is 0. The Hall–Kier alpha value is -0.280. The third-order valence-electron chi connectivity index (χ3n) is 3.05. The summed E-state index contributed by atoms with van der Waals surface area (Å²) >= 11 is 8.10. The molecule has 0 fully saturated rings. The van der Waals surface area contributed by atoms with Crippen LogP contribution in [0.25, 0.3) is 10.1 Å². The number of halogens is 2. The van der Waals surface area contributed by atoms with Gasteiger partial charge in [-0.05, 0) is 42.1 Å². The molecule has 1 aliphatic heterocycles. The second-order valence-corrected chi connectivity index (χ2v) is 5.47. The van der Waals surface area contributed by atoms with Gasteiger partial charge < -0.3 is 4.90 Å². The molecule has 1 nitrogen and oxygen atoms in total. The third-order valence-corrected chi connectivity index (χ3v) is 4.40. The molecule has 0 radical (unpaired) electrons. The first-order chi connectivity index (χ1) is 7.25. The van der Waals surface area contributed by atoms with E-state index in [0.29, 0.717) is 0 Å². The van der Waals surface area contributed by atoms with Gasteiger partial charge in [0, 0.05) is 28.2 Å². The Morgan fingerprint density at radius 3 is 3.00 bits per heavy atom. The Labute approximate surface area is 110 Å². The predicted octanol–water partition coefficient (Wildman–Crippen LogP) is 3.96. The summed E-state index contributed by atoms with van der Waals surface area (Å²) in [5, 5.41) is 4.61. The predicted molar refractivity (Wildman–Crippen MR) is 74.1 cm³/mol. The fraction of sp³-hybridized carbons (Fsp3) is 0.333. The average molecular weight is 274 g/mol. The molecular formula is C12H13Cl2NS. The van der Waals surface area contributed by atoms with Crippen molar-refractivity contribution < 1.29 is 0 Å². The van der Waals surface area contributed by atoms with E-state index in [2.05, 4.69) is 23.4 Å². The number of likely N-dealkylation sites (N-methyl/N-ethyl adjacent to an activating group) is 1. The normalized spacial score (nSPS) is 15.9. The second kappa shape index (κ2) is 4.53. The molecule has 1 aromatic carbocycles. The lowest BCUT2D eigenvalue weighted by molar-refractivity contribution is 0.337. The van der Waals surface area contributed by atoms with Gasteiger partial charge in [0.1, 0.15) is 0 Å². The first kappa shape index (κ1) is 12.2. The Morgan fingerprint density at radius 1 is 1.38 bits per heavy atom. The largest absolute Gasteiger partial charge is 0.302 e. The minimum atomic E-state index is 0. The molecule has 16 heavy (non-hydrogen) atoms. The van der Waals surface area contributed by atoms with Gasteiger partial charge in [0.2, 0.25) is 0 Å². The first-order valence-corrected chi connectivity index (χ1v) is 6.37. The molecule has 2 aromatic rings. The minimum Gasteiger partial charge on any atom is -0.302 e. The van der Waals surface area contributed by atoms with Crippen LogP contribution in [0.15, 0.2) is 17.5 Å². The van der Waals surface area contributed by atoms with Gasteiger partial charge in [0.05, 0.1) is 0 Å². The molecule has 2 heterocycles. The highest BCUT2D eigenvalue weighted by atomic mass is 35.5. The van der Waals surface area contributed by atoms with Crippen LogP contribution >= 0.6 is 35.3 Å². The zero-order valence-corrected chi connectivity index (χ0v) is 11.4. The van der Waals surface area contributed by atoms with Crippen LogP contribution in [0.1, 0.15) is 11.1 Å². The molecule has 0 unspecified atom stereocenters. The maximum atomic E-state index is 6.27. The van der Waals surface area contributed by atoms with Crippen LogP contribution in [-0.4, -0.2) is 18.5 Å². The fourth-order valence-corrected chi connectivity index (χ4v) is 3.51. The van der Waals surface area contributed by atoms with Crippen LogP contribution in [0.5, 0.6) is 0 Å². The van der Waals surface area contributed by atoms with Crippen LogP contribution in [-0.2, 0) is 13.0 Å². The summed E-state index contributed by atoms with van der Waals surface area (Å²) in [6.07, 6.45) is 1.07. The maximum absolute atomic E-state index is 6.27. The van der Waals surface area contributed by atoms with Crippen LogP contribution < -0.4 is 0 Å². The fourth-order valence-electron chi connectivity index (χ4n) is 2.28. The Bertz CT molecular complexity index is 521. The standard InChI is InChI=1S/C12H12ClNS.ClH/c1-14-5-4-9-10(13)2-3-11-12(9)8(6-14)7-15-11;/h2-3,7H,4-6H2,1H3;1H. The Balaban J connectivity index is 0.000000963. The lowest BCUT2D eigenvalue weighted by atomic mass is 10.1.